The van der Waals surface area contributed by atoms with Crippen molar-refractivity contribution in [1.82, 2.24) is 20.2 Å². The Morgan fingerprint density at radius 2 is 1.86 bits per heavy atom. The standard InChI is InChI=1S/C17H29N5/c1-13-20-15-7-9-18-8-6-14(15)16(21-13)19-12-17(2,3)22-10-4-5-11-22/h18H,4-12H2,1-3H3,(H,19,20,21). The summed E-state index contributed by atoms with van der Waals surface area (Å²) in [4.78, 5) is 11.9. The minimum absolute atomic E-state index is 0.172. The molecular weight excluding hydrogens is 274 g/mol. The van der Waals surface area contributed by atoms with Crippen LogP contribution in [-0.2, 0) is 12.8 Å². The number of aryl methyl sites for hydroxylation is 1. The second-order valence-electron chi connectivity index (χ2n) is 7.15. The molecule has 0 radical (unpaired) electrons. The largest absolute Gasteiger partial charge is 0.368 e. The second kappa shape index (κ2) is 6.50. The fraction of sp³-hybridized carbons (Fsp3) is 0.765. The Labute approximate surface area is 133 Å². The van der Waals surface area contributed by atoms with Crippen LogP contribution in [0.1, 0.15) is 43.8 Å². The highest BCUT2D eigenvalue weighted by molar-refractivity contribution is 5.48. The summed E-state index contributed by atoms with van der Waals surface area (Å²) in [7, 11) is 0. The molecule has 0 spiro atoms. The molecule has 0 aromatic carbocycles. The molecule has 0 amide bonds. The molecule has 0 bridgehead atoms. The van der Waals surface area contributed by atoms with Crippen LogP contribution in [0.2, 0.25) is 0 Å². The number of anilines is 1. The van der Waals surface area contributed by atoms with E-state index in [1.54, 1.807) is 0 Å². The molecule has 0 unspecified atom stereocenters. The molecular formula is C17H29N5. The van der Waals surface area contributed by atoms with Gasteiger partial charge < -0.3 is 10.6 Å². The van der Waals surface area contributed by atoms with Gasteiger partial charge in [0.2, 0.25) is 0 Å². The average molecular weight is 303 g/mol. The molecule has 1 fully saturated rings. The van der Waals surface area contributed by atoms with Gasteiger partial charge in [-0.2, -0.15) is 0 Å². The highest BCUT2D eigenvalue weighted by Gasteiger charge is 2.29. The van der Waals surface area contributed by atoms with E-state index < -0.39 is 0 Å². The van der Waals surface area contributed by atoms with Crippen LogP contribution < -0.4 is 10.6 Å². The molecule has 1 aromatic rings. The summed E-state index contributed by atoms with van der Waals surface area (Å²) in [6.45, 7) is 12.1. The molecule has 0 atom stereocenters. The molecule has 0 saturated carbocycles. The van der Waals surface area contributed by atoms with Gasteiger partial charge in [-0.3, -0.25) is 4.90 Å². The Kier molecular flexibility index (Phi) is 4.64. The molecule has 2 N–H and O–H groups in total. The number of hydrogen-bond acceptors (Lipinski definition) is 5. The lowest BCUT2D eigenvalue weighted by atomic mass is 10.0. The van der Waals surface area contributed by atoms with Gasteiger partial charge in [0.25, 0.3) is 0 Å². The Hall–Kier alpha value is -1.20. The van der Waals surface area contributed by atoms with Gasteiger partial charge >= 0.3 is 0 Å². The molecule has 1 aromatic heterocycles. The van der Waals surface area contributed by atoms with Crippen LogP contribution in [0.3, 0.4) is 0 Å². The number of nitrogens with one attached hydrogen (secondary N) is 2. The predicted octanol–water partition coefficient (Wildman–Crippen LogP) is 1.76. The highest BCUT2D eigenvalue weighted by Crippen LogP contribution is 2.24. The number of hydrogen-bond donors (Lipinski definition) is 2. The highest BCUT2D eigenvalue weighted by atomic mass is 15.2. The number of nitrogens with zero attached hydrogens (tertiary/aromatic N) is 3. The first-order valence-electron chi connectivity index (χ1n) is 8.62. The van der Waals surface area contributed by atoms with Crippen molar-refractivity contribution in [2.24, 2.45) is 0 Å². The van der Waals surface area contributed by atoms with Gasteiger partial charge in [0, 0.05) is 30.6 Å². The molecule has 3 rings (SSSR count). The molecule has 3 heterocycles. The smallest absolute Gasteiger partial charge is 0.133 e. The third kappa shape index (κ3) is 3.41. The van der Waals surface area contributed by atoms with E-state index in [9.17, 15) is 0 Å². The van der Waals surface area contributed by atoms with E-state index in [0.717, 1.165) is 44.1 Å². The molecule has 5 heteroatoms. The summed E-state index contributed by atoms with van der Waals surface area (Å²) in [5, 5.41) is 7.09. The molecule has 5 nitrogen and oxygen atoms in total. The van der Waals surface area contributed by atoms with Crippen molar-refractivity contribution < 1.29 is 0 Å². The summed E-state index contributed by atoms with van der Waals surface area (Å²) in [5.41, 5.74) is 2.71. The van der Waals surface area contributed by atoms with Crippen molar-refractivity contribution in [2.45, 2.75) is 52.0 Å². The minimum atomic E-state index is 0.172. The van der Waals surface area contributed by atoms with Crippen LogP contribution >= 0.6 is 0 Å². The summed E-state index contributed by atoms with van der Waals surface area (Å²) >= 11 is 0. The molecule has 122 valence electrons. The zero-order valence-corrected chi connectivity index (χ0v) is 14.2. The minimum Gasteiger partial charge on any atom is -0.368 e. The fourth-order valence-electron chi connectivity index (χ4n) is 3.55. The van der Waals surface area contributed by atoms with Gasteiger partial charge in [0.15, 0.2) is 0 Å². The van der Waals surface area contributed by atoms with Gasteiger partial charge in [0.05, 0.1) is 5.69 Å². The van der Waals surface area contributed by atoms with Crippen LogP contribution in [-0.4, -0.2) is 53.1 Å². The van der Waals surface area contributed by atoms with E-state index in [1.165, 1.54) is 37.2 Å². The van der Waals surface area contributed by atoms with Crippen LogP contribution in [0.25, 0.3) is 0 Å². The summed E-state index contributed by atoms with van der Waals surface area (Å²) in [6, 6.07) is 0. The normalized spacial score (nSPS) is 19.8. The third-order valence-electron chi connectivity index (χ3n) is 4.95. The predicted molar refractivity (Wildman–Crippen MR) is 90.4 cm³/mol. The first kappa shape index (κ1) is 15.7. The van der Waals surface area contributed by atoms with Crippen LogP contribution in [0.15, 0.2) is 0 Å². The van der Waals surface area contributed by atoms with Gasteiger partial charge in [-0.1, -0.05) is 0 Å². The van der Waals surface area contributed by atoms with Crippen molar-refractivity contribution in [3.05, 3.63) is 17.1 Å². The molecule has 22 heavy (non-hydrogen) atoms. The van der Waals surface area contributed by atoms with Gasteiger partial charge in [-0.15, -0.1) is 0 Å². The Morgan fingerprint density at radius 3 is 2.64 bits per heavy atom. The second-order valence-corrected chi connectivity index (χ2v) is 7.15. The number of rotatable bonds is 4. The first-order valence-corrected chi connectivity index (χ1v) is 8.62. The zero-order valence-electron chi connectivity index (χ0n) is 14.2. The topological polar surface area (TPSA) is 53.1 Å². The van der Waals surface area contributed by atoms with Crippen LogP contribution in [0.4, 0.5) is 5.82 Å². The lowest BCUT2D eigenvalue weighted by molar-refractivity contribution is 0.167. The number of aromatic nitrogens is 2. The van der Waals surface area contributed by atoms with E-state index >= 15 is 0 Å². The summed E-state index contributed by atoms with van der Waals surface area (Å²) in [6.07, 6.45) is 4.68. The summed E-state index contributed by atoms with van der Waals surface area (Å²) < 4.78 is 0. The van der Waals surface area contributed by atoms with Gasteiger partial charge in [-0.25, -0.2) is 9.97 Å². The van der Waals surface area contributed by atoms with E-state index in [2.05, 4.69) is 39.3 Å². The Bertz CT molecular complexity index is 520. The monoisotopic (exact) mass is 303 g/mol. The number of likely N-dealkylation sites (tertiary alicyclic amines) is 1. The van der Waals surface area contributed by atoms with Crippen molar-refractivity contribution in [3.8, 4) is 0 Å². The molecule has 1 saturated heterocycles. The van der Waals surface area contributed by atoms with Crippen LogP contribution in [0.5, 0.6) is 0 Å². The van der Waals surface area contributed by atoms with Crippen molar-refractivity contribution in [2.75, 3.05) is 38.0 Å². The van der Waals surface area contributed by atoms with Crippen molar-refractivity contribution in [1.29, 1.82) is 0 Å². The van der Waals surface area contributed by atoms with E-state index in [0.29, 0.717) is 0 Å². The maximum absolute atomic E-state index is 4.69. The number of fused-ring (bicyclic) bond motifs is 1. The quantitative estimate of drug-likeness (QED) is 0.888. The fourth-order valence-corrected chi connectivity index (χ4v) is 3.55. The maximum atomic E-state index is 4.69. The SMILES string of the molecule is Cc1nc2c(c(NCC(C)(C)N3CCCC3)n1)CCNCC2. The summed E-state index contributed by atoms with van der Waals surface area (Å²) in [5.74, 6) is 1.93. The maximum Gasteiger partial charge on any atom is 0.133 e. The van der Waals surface area contributed by atoms with E-state index in [4.69, 9.17) is 0 Å². The molecule has 2 aliphatic heterocycles. The Balaban J connectivity index is 1.75. The van der Waals surface area contributed by atoms with Crippen molar-refractivity contribution >= 4 is 5.82 Å². The van der Waals surface area contributed by atoms with Gasteiger partial charge in [-0.05, 0) is 59.7 Å². The zero-order chi connectivity index (χ0) is 15.6. The lowest BCUT2D eigenvalue weighted by Crippen LogP contribution is -2.47. The Morgan fingerprint density at radius 1 is 1.14 bits per heavy atom. The average Bonchev–Trinajstić information content (AvgIpc) is 2.92. The molecule has 0 aliphatic carbocycles. The molecule has 2 aliphatic rings. The van der Waals surface area contributed by atoms with Gasteiger partial charge in [0.1, 0.15) is 11.6 Å². The van der Waals surface area contributed by atoms with E-state index in [-0.39, 0.29) is 5.54 Å². The lowest BCUT2D eigenvalue weighted by Gasteiger charge is -2.36. The third-order valence-corrected chi connectivity index (χ3v) is 4.95. The van der Waals surface area contributed by atoms with Crippen LogP contribution in [0, 0.1) is 6.92 Å². The first-order chi connectivity index (χ1) is 10.6. The van der Waals surface area contributed by atoms with Crippen molar-refractivity contribution in [3.63, 3.8) is 0 Å². The van der Waals surface area contributed by atoms with E-state index in [1.807, 2.05) is 6.92 Å².